The summed E-state index contributed by atoms with van der Waals surface area (Å²) in [5.74, 6) is -1.11. The van der Waals surface area contributed by atoms with Gasteiger partial charge in [0, 0.05) is 18.6 Å². The summed E-state index contributed by atoms with van der Waals surface area (Å²) in [6.45, 7) is 7.58. The number of allylic oxidation sites excluding steroid dienone is 2. The average molecular weight is 302 g/mol. The maximum absolute atomic E-state index is 13.8. The van der Waals surface area contributed by atoms with Crippen LogP contribution in [-0.2, 0) is 11.2 Å². The fraction of sp³-hybridized carbons (Fsp3) is 0.188. The predicted octanol–water partition coefficient (Wildman–Crippen LogP) is 3.31. The fourth-order valence-electron chi connectivity index (χ4n) is 2.33. The van der Waals surface area contributed by atoms with Crippen molar-refractivity contribution in [3.8, 4) is 0 Å². The van der Waals surface area contributed by atoms with Gasteiger partial charge >= 0.3 is 5.69 Å². The first-order valence-corrected chi connectivity index (χ1v) is 6.68. The Morgan fingerprint density at radius 2 is 2.18 bits per heavy atom. The van der Waals surface area contributed by atoms with Crippen molar-refractivity contribution >= 4 is 17.3 Å². The van der Waals surface area contributed by atoms with Crippen molar-refractivity contribution in [3.05, 3.63) is 70.6 Å². The first-order valence-electron chi connectivity index (χ1n) is 6.68. The van der Waals surface area contributed by atoms with E-state index in [-0.39, 0.29) is 18.9 Å². The Bertz CT molecular complexity index is 695. The third kappa shape index (κ3) is 3.11. The molecule has 6 heteroatoms. The summed E-state index contributed by atoms with van der Waals surface area (Å²) < 4.78 is 13.8. The van der Waals surface area contributed by atoms with Gasteiger partial charge in [-0.05, 0) is 17.6 Å². The van der Waals surface area contributed by atoms with Gasteiger partial charge in [-0.25, -0.2) is 0 Å². The maximum Gasteiger partial charge on any atom is 0.305 e. The Labute approximate surface area is 127 Å². The second-order valence-electron chi connectivity index (χ2n) is 4.92. The standard InChI is InChI=1S/C16H15FN2O3/c1-3-4-5-11(2)10-18-14-9-13(17)15(19(21)22)8-12(14)6-7-16(18)20/h3-5,8-9H,1-2,6-7,10H2/b5-4-. The molecule has 0 spiro atoms. The Morgan fingerprint density at radius 1 is 1.45 bits per heavy atom. The van der Waals surface area contributed by atoms with Gasteiger partial charge < -0.3 is 4.90 Å². The number of fused-ring (bicyclic) bond motifs is 1. The van der Waals surface area contributed by atoms with E-state index in [1.54, 1.807) is 18.2 Å². The molecular formula is C16H15FN2O3. The molecule has 1 aliphatic rings. The molecule has 0 aromatic heterocycles. The van der Waals surface area contributed by atoms with Crippen LogP contribution in [0.25, 0.3) is 0 Å². The Morgan fingerprint density at radius 3 is 2.82 bits per heavy atom. The maximum atomic E-state index is 13.8. The minimum Gasteiger partial charge on any atom is -0.308 e. The van der Waals surface area contributed by atoms with Crippen molar-refractivity contribution in [2.45, 2.75) is 12.8 Å². The molecule has 1 aromatic rings. The van der Waals surface area contributed by atoms with E-state index in [9.17, 15) is 19.3 Å². The van der Waals surface area contributed by atoms with Crippen molar-refractivity contribution in [1.82, 2.24) is 0 Å². The zero-order valence-electron chi connectivity index (χ0n) is 11.9. The molecule has 0 saturated carbocycles. The van der Waals surface area contributed by atoms with Crippen LogP contribution in [-0.4, -0.2) is 17.4 Å². The molecule has 0 fully saturated rings. The number of benzene rings is 1. The molecular weight excluding hydrogens is 287 g/mol. The van der Waals surface area contributed by atoms with Crippen molar-refractivity contribution in [2.24, 2.45) is 0 Å². The number of nitro groups is 1. The monoisotopic (exact) mass is 302 g/mol. The van der Waals surface area contributed by atoms with Gasteiger partial charge in [0.2, 0.25) is 11.7 Å². The normalized spacial score (nSPS) is 14.0. The number of aryl methyl sites for hydroxylation is 1. The van der Waals surface area contributed by atoms with Crippen LogP contribution in [0.15, 0.2) is 49.1 Å². The number of carbonyl (C=O) groups excluding carboxylic acids is 1. The van der Waals surface area contributed by atoms with Crippen molar-refractivity contribution in [1.29, 1.82) is 0 Å². The van der Waals surface area contributed by atoms with E-state index in [1.165, 1.54) is 11.0 Å². The first-order chi connectivity index (χ1) is 10.4. The van der Waals surface area contributed by atoms with E-state index < -0.39 is 16.4 Å². The average Bonchev–Trinajstić information content (AvgIpc) is 2.47. The fourth-order valence-corrected chi connectivity index (χ4v) is 2.33. The van der Waals surface area contributed by atoms with E-state index in [0.29, 0.717) is 23.2 Å². The van der Waals surface area contributed by atoms with Crippen LogP contribution < -0.4 is 4.90 Å². The summed E-state index contributed by atoms with van der Waals surface area (Å²) >= 11 is 0. The molecule has 1 amide bonds. The molecule has 22 heavy (non-hydrogen) atoms. The molecule has 0 atom stereocenters. The SMILES string of the molecule is C=C/C=C\C(=C)CN1C(=O)CCc2cc([N+](=O)[O-])c(F)cc21. The highest BCUT2D eigenvalue weighted by Crippen LogP contribution is 2.33. The number of hydrogen-bond donors (Lipinski definition) is 0. The minimum absolute atomic E-state index is 0.158. The van der Waals surface area contributed by atoms with Gasteiger partial charge in [-0.15, -0.1) is 0 Å². The van der Waals surface area contributed by atoms with Gasteiger partial charge in [-0.2, -0.15) is 4.39 Å². The number of nitrogens with zero attached hydrogens (tertiary/aromatic N) is 2. The largest absolute Gasteiger partial charge is 0.308 e. The second-order valence-corrected chi connectivity index (χ2v) is 4.92. The molecule has 0 saturated heterocycles. The first kappa shape index (κ1) is 15.6. The van der Waals surface area contributed by atoms with Gasteiger partial charge in [0.15, 0.2) is 0 Å². The van der Waals surface area contributed by atoms with E-state index in [1.807, 2.05) is 0 Å². The Kier molecular flexibility index (Phi) is 4.50. The van der Waals surface area contributed by atoms with Gasteiger partial charge in [0.05, 0.1) is 17.2 Å². The summed E-state index contributed by atoms with van der Waals surface area (Å²) in [5, 5.41) is 10.8. The molecule has 0 radical (unpaired) electrons. The predicted molar refractivity (Wildman–Crippen MR) is 82.2 cm³/mol. The number of anilines is 1. The van der Waals surface area contributed by atoms with Crippen LogP contribution in [0.3, 0.4) is 0 Å². The molecule has 0 N–H and O–H groups in total. The molecule has 1 aromatic carbocycles. The topological polar surface area (TPSA) is 63.5 Å². The lowest BCUT2D eigenvalue weighted by molar-refractivity contribution is -0.387. The van der Waals surface area contributed by atoms with Gasteiger partial charge in [0.1, 0.15) is 0 Å². The van der Waals surface area contributed by atoms with Crippen molar-refractivity contribution < 1.29 is 14.1 Å². The highest BCUT2D eigenvalue weighted by atomic mass is 19.1. The molecule has 114 valence electrons. The van der Waals surface area contributed by atoms with E-state index in [4.69, 9.17) is 0 Å². The number of rotatable bonds is 5. The van der Waals surface area contributed by atoms with Crippen LogP contribution in [0.4, 0.5) is 15.8 Å². The molecule has 1 aliphatic heterocycles. The third-order valence-corrected chi connectivity index (χ3v) is 3.37. The summed E-state index contributed by atoms with van der Waals surface area (Å²) in [5.41, 5.74) is 1.04. The van der Waals surface area contributed by atoms with Gasteiger partial charge in [-0.3, -0.25) is 14.9 Å². The summed E-state index contributed by atoms with van der Waals surface area (Å²) in [4.78, 5) is 23.5. The van der Waals surface area contributed by atoms with Crippen LogP contribution in [0.2, 0.25) is 0 Å². The number of hydrogen-bond acceptors (Lipinski definition) is 3. The zero-order chi connectivity index (χ0) is 16.3. The molecule has 0 unspecified atom stereocenters. The molecule has 1 heterocycles. The summed E-state index contributed by atoms with van der Waals surface area (Å²) in [6.07, 6.45) is 5.57. The van der Waals surface area contributed by atoms with E-state index >= 15 is 0 Å². The smallest absolute Gasteiger partial charge is 0.305 e. The molecule has 2 rings (SSSR count). The van der Waals surface area contributed by atoms with Crippen LogP contribution in [0.5, 0.6) is 0 Å². The summed E-state index contributed by atoms with van der Waals surface area (Å²) in [6, 6.07) is 2.25. The van der Waals surface area contributed by atoms with Gasteiger partial charge in [-0.1, -0.05) is 31.4 Å². The molecule has 0 aliphatic carbocycles. The number of carbonyl (C=O) groups is 1. The van der Waals surface area contributed by atoms with E-state index in [0.717, 1.165) is 6.07 Å². The molecule has 5 nitrogen and oxygen atoms in total. The third-order valence-electron chi connectivity index (χ3n) is 3.37. The Hall–Kier alpha value is -2.76. The van der Waals surface area contributed by atoms with Crippen LogP contribution >= 0.6 is 0 Å². The quantitative estimate of drug-likeness (QED) is 0.476. The van der Waals surface area contributed by atoms with Crippen molar-refractivity contribution in [2.75, 3.05) is 11.4 Å². The minimum atomic E-state index is -0.948. The number of halogens is 1. The lowest BCUT2D eigenvalue weighted by atomic mass is 9.99. The summed E-state index contributed by atoms with van der Waals surface area (Å²) in [7, 11) is 0. The lowest BCUT2D eigenvalue weighted by Gasteiger charge is -2.29. The van der Waals surface area contributed by atoms with E-state index in [2.05, 4.69) is 13.2 Å². The van der Waals surface area contributed by atoms with Crippen LogP contribution in [0.1, 0.15) is 12.0 Å². The highest BCUT2D eigenvalue weighted by Gasteiger charge is 2.28. The highest BCUT2D eigenvalue weighted by molar-refractivity contribution is 5.97. The zero-order valence-corrected chi connectivity index (χ0v) is 11.9. The van der Waals surface area contributed by atoms with Gasteiger partial charge in [0.25, 0.3) is 0 Å². The van der Waals surface area contributed by atoms with Crippen LogP contribution in [0, 0.1) is 15.9 Å². The number of nitro benzene ring substituents is 1. The molecule has 0 bridgehead atoms. The Balaban J connectivity index is 2.38. The lowest BCUT2D eigenvalue weighted by Crippen LogP contribution is -2.36. The number of amides is 1. The van der Waals surface area contributed by atoms with Crippen molar-refractivity contribution in [3.63, 3.8) is 0 Å². The second kappa shape index (κ2) is 6.34.